The third-order valence-electron chi connectivity index (χ3n) is 9.96. The van der Waals surface area contributed by atoms with Gasteiger partial charge in [0.05, 0.1) is 11.0 Å². The molecule has 0 aliphatic rings. The van der Waals surface area contributed by atoms with E-state index in [9.17, 15) is 0 Å². The van der Waals surface area contributed by atoms with Crippen molar-refractivity contribution in [2.75, 3.05) is 0 Å². The Morgan fingerprint density at radius 3 is 1.53 bits per heavy atom. The zero-order valence-corrected chi connectivity index (χ0v) is 29.7. The van der Waals surface area contributed by atoms with Gasteiger partial charge in [0.1, 0.15) is 5.69 Å². The van der Waals surface area contributed by atoms with Gasteiger partial charge in [-0.2, -0.15) is 0 Å². The highest BCUT2D eigenvalue weighted by Gasteiger charge is 2.17. The summed E-state index contributed by atoms with van der Waals surface area (Å²) in [5, 5.41) is 2.21. The molecule has 0 radical (unpaired) electrons. The number of imidazole rings is 1. The summed E-state index contributed by atoms with van der Waals surface area (Å²) in [5.74, 6) is 2.74. The average molecular weight is 705 g/mol. The first kappa shape index (κ1) is 32.1. The van der Waals surface area contributed by atoms with E-state index in [4.69, 9.17) is 24.9 Å². The Morgan fingerprint density at radius 2 is 0.873 bits per heavy atom. The Bertz CT molecular complexity index is 2880. The third kappa shape index (κ3) is 6.02. The van der Waals surface area contributed by atoms with Crippen molar-refractivity contribution in [1.29, 1.82) is 0 Å². The van der Waals surface area contributed by atoms with Gasteiger partial charge in [0.2, 0.25) is 0 Å². The van der Waals surface area contributed by atoms with Gasteiger partial charge in [0.15, 0.2) is 23.3 Å². The fourth-order valence-electron chi connectivity index (χ4n) is 7.25. The molecule has 0 amide bonds. The van der Waals surface area contributed by atoms with Gasteiger partial charge in [0, 0.05) is 34.1 Å². The standard InChI is InChI=1S/C49H32N6/c1-4-14-35(15-5-1)46-52-47(36-16-6-2-7-17-36)54-48(53-46)42-30-29-39(40-20-10-11-21-41(40)42)34-26-24-33(25-27-34)37-28-31-44(50-32-37)49-51-43-22-12-13-23-45(43)55(49)38-18-8-3-9-19-38/h1-32H. The molecule has 0 aliphatic carbocycles. The lowest BCUT2D eigenvalue weighted by atomic mass is 9.93. The smallest absolute Gasteiger partial charge is 0.164 e. The SMILES string of the molecule is c1ccc(-c2nc(-c3ccccc3)nc(-c3ccc(-c4ccc(-c5ccc(-c6nc7ccccc7n6-c6ccccc6)nc5)cc4)c4ccccc34)n2)cc1. The van der Waals surface area contributed by atoms with Crippen LogP contribution >= 0.6 is 0 Å². The lowest BCUT2D eigenvalue weighted by Gasteiger charge is -2.13. The summed E-state index contributed by atoms with van der Waals surface area (Å²) < 4.78 is 2.17. The predicted molar refractivity (Wildman–Crippen MR) is 222 cm³/mol. The second kappa shape index (κ2) is 13.8. The Kier molecular flexibility index (Phi) is 8.04. The van der Waals surface area contributed by atoms with Gasteiger partial charge >= 0.3 is 0 Å². The summed E-state index contributed by atoms with van der Waals surface area (Å²) in [6.07, 6.45) is 1.94. The van der Waals surface area contributed by atoms with E-state index in [0.717, 1.165) is 78.0 Å². The summed E-state index contributed by atoms with van der Waals surface area (Å²) in [4.78, 5) is 24.8. The van der Waals surface area contributed by atoms with Crippen LogP contribution in [-0.2, 0) is 0 Å². The highest BCUT2D eigenvalue weighted by atomic mass is 15.1. The van der Waals surface area contributed by atoms with Crippen molar-refractivity contribution >= 4 is 21.8 Å². The number of hydrogen-bond acceptors (Lipinski definition) is 5. The largest absolute Gasteiger partial charge is 0.291 e. The highest BCUT2D eigenvalue weighted by Crippen LogP contribution is 2.37. The summed E-state index contributed by atoms with van der Waals surface area (Å²) in [7, 11) is 0. The first-order valence-corrected chi connectivity index (χ1v) is 18.3. The summed E-state index contributed by atoms with van der Waals surface area (Å²) >= 11 is 0. The number of pyridine rings is 1. The Labute approximate surface area is 318 Å². The van der Waals surface area contributed by atoms with Crippen molar-refractivity contribution in [2.45, 2.75) is 0 Å². The highest BCUT2D eigenvalue weighted by molar-refractivity contribution is 6.04. The molecule has 258 valence electrons. The molecule has 10 aromatic rings. The molecule has 10 rings (SSSR count). The fraction of sp³-hybridized carbons (Fsp3) is 0. The van der Waals surface area contributed by atoms with E-state index in [-0.39, 0.29) is 0 Å². The van der Waals surface area contributed by atoms with E-state index in [1.54, 1.807) is 0 Å². The number of nitrogens with zero attached hydrogens (tertiary/aromatic N) is 6. The molecule has 0 atom stereocenters. The number of rotatable bonds is 7. The van der Waals surface area contributed by atoms with Crippen LogP contribution in [0.1, 0.15) is 0 Å². The van der Waals surface area contributed by atoms with Gasteiger partial charge < -0.3 is 0 Å². The van der Waals surface area contributed by atoms with Crippen LogP contribution < -0.4 is 0 Å². The minimum Gasteiger partial charge on any atom is -0.291 e. The molecule has 6 heteroatoms. The van der Waals surface area contributed by atoms with Gasteiger partial charge in [-0.1, -0.05) is 152 Å². The Hall–Kier alpha value is -7.57. The molecule has 0 N–H and O–H groups in total. The second-order valence-corrected chi connectivity index (χ2v) is 13.3. The van der Waals surface area contributed by atoms with Crippen molar-refractivity contribution < 1.29 is 0 Å². The molecule has 0 saturated carbocycles. The van der Waals surface area contributed by atoms with Crippen LogP contribution in [0.5, 0.6) is 0 Å². The lowest BCUT2D eigenvalue weighted by Crippen LogP contribution is -2.00. The molecule has 0 unspecified atom stereocenters. The normalized spacial score (nSPS) is 11.3. The van der Waals surface area contributed by atoms with E-state index in [1.807, 2.05) is 103 Å². The molecule has 55 heavy (non-hydrogen) atoms. The molecular formula is C49H32N6. The molecule has 0 aliphatic heterocycles. The van der Waals surface area contributed by atoms with Crippen LogP contribution in [0.15, 0.2) is 194 Å². The van der Waals surface area contributed by atoms with Crippen molar-refractivity contribution in [3.63, 3.8) is 0 Å². The van der Waals surface area contributed by atoms with Crippen molar-refractivity contribution in [2.24, 2.45) is 0 Å². The monoisotopic (exact) mass is 704 g/mol. The maximum Gasteiger partial charge on any atom is 0.164 e. The molecule has 3 aromatic heterocycles. The number of hydrogen-bond donors (Lipinski definition) is 0. The molecular weight excluding hydrogens is 673 g/mol. The fourth-order valence-corrected chi connectivity index (χ4v) is 7.25. The zero-order valence-electron chi connectivity index (χ0n) is 29.7. The van der Waals surface area contributed by atoms with Crippen molar-refractivity contribution in [3.05, 3.63) is 194 Å². The Morgan fingerprint density at radius 1 is 0.345 bits per heavy atom. The number of benzene rings is 7. The topological polar surface area (TPSA) is 69.4 Å². The van der Waals surface area contributed by atoms with E-state index >= 15 is 0 Å². The van der Waals surface area contributed by atoms with E-state index in [2.05, 4.69) is 95.6 Å². The van der Waals surface area contributed by atoms with Crippen LogP contribution in [0.2, 0.25) is 0 Å². The summed E-state index contributed by atoms with van der Waals surface area (Å²) in [5.41, 5.74) is 11.1. The van der Waals surface area contributed by atoms with Gasteiger partial charge in [0.25, 0.3) is 0 Å². The van der Waals surface area contributed by atoms with Crippen LogP contribution in [-0.4, -0.2) is 29.5 Å². The van der Waals surface area contributed by atoms with Gasteiger partial charge in [-0.05, 0) is 63.9 Å². The van der Waals surface area contributed by atoms with Crippen molar-refractivity contribution in [3.8, 4) is 73.6 Å². The van der Waals surface area contributed by atoms with Crippen molar-refractivity contribution in [1.82, 2.24) is 29.5 Å². The van der Waals surface area contributed by atoms with E-state index in [1.165, 1.54) is 0 Å². The zero-order chi connectivity index (χ0) is 36.6. The minimum atomic E-state index is 0.640. The molecule has 0 saturated heterocycles. The number of fused-ring (bicyclic) bond motifs is 2. The number of para-hydroxylation sites is 3. The molecule has 0 fully saturated rings. The first-order chi connectivity index (χ1) is 27.3. The number of aromatic nitrogens is 6. The molecule has 0 bridgehead atoms. The van der Waals surface area contributed by atoms with Crippen LogP contribution in [0, 0.1) is 0 Å². The third-order valence-corrected chi connectivity index (χ3v) is 9.96. The van der Waals surface area contributed by atoms with Crippen LogP contribution in [0.4, 0.5) is 0 Å². The maximum atomic E-state index is 5.02. The molecule has 3 heterocycles. The van der Waals surface area contributed by atoms with E-state index < -0.39 is 0 Å². The van der Waals surface area contributed by atoms with Gasteiger partial charge in [-0.25, -0.2) is 19.9 Å². The van der Waals surface area contributed by atoms with Gasteiger partial charge in [-0.15, -0.1) is 0 Å². The molecule has 6 nitrogen and oxygen atoms in total. The summed E-state index contributed by atoms with van der Waals surface area (Å²) in [6, 6.07) is 64.3. The van der Waals surface area contributed by atoms with Gasteiger partial charge in [-0.3, -0.25) is 9.55 Å². The summed E-state index contributed by atoms with van der Waals surface area (Å²) in [6.45, 7) is 0. The first-order valence-electron chi connectivity index (χ1n) is 18.3. The van der Waals surface area contributed by atoms with Crippen LogP contribution in [0.25, 0.3) is 95.4 Å². The second-order valence-electron chi connectivity index (χ2n) is 13.3. The van der Waals surface area contributed by atoms with E-state index in [0.29, 0.717) is 17.5 Å². The quantitative estimate of drug-likeness (QED) is 0.165. The molecule has 0 spiro atoms. The molecule has 7 aromatic carbocycles. The Balaban J connectivity index is 0.993. The maximum absolute atomic E-state index is 5.02. The lowest BCUT2D eigenvalue weighted by molar-refractivity contribution is 1.08. The average Bonchev–Trinajstić information content (AvgIpc) is 3.67. The predicted octanol–water partition coefficient (Wildman–Crippen LogP) is 11.8. The van der Waals surface area contributed by atoms with Crippen LogP contribution in [0.3, 0.4) is 0 Å². The minimum absolute atomic E-state index is 0.640.